The minimum Gasteiger partial charge on any atom is -0.369 e. The monoisotopic (exact) mass is 423 g/mol. The van der Waals surface area contributed by atoms with Crippen molar-refractivity contribution in [3.8, 4) is 0 Å². The molecule has 0 saturated carbocycles. The number of ether oxygens (including phenoxy) is 1. The molecule has 1 amide bonds. The Kier molecular flexibility index (Phi) is 6.83. The van der Waals surface area contributed by atoms with Crippen molar-refractivity contribution in [3.05, 3.63) is 47.4 Å². The van der Waals surface area contributed by atoms with Crippen molar-refractivity contribution in [1.82, 2.24) is 19.8 Å². The van der Waals surface area contributed by atoms with Crippen LogP contribution in [0.15, 0.2) is 30.5 Å². The molecule has 1 N–H and O–H groups in total. The van der Waals surface area contributed by atoms with Crippen LogP contribution in [-0.2, 0) is 9.53 Å². The van der Waals surface area contributed by atoms with Crippen molar-refractivity contribution in [3.63, 3.8) is 0 Å². The highest BCUT2D eigenvalue weighted by Crippen LogP contribution is 2.26. The number of carbonyl (C=O) groups is 1. The third kappa shape index (κ3) is 5.60. The molecule has 4 heterocycles. The molecule has 2 fully saturated rings. The van der Waals surface area contributed by atoms with E-state index in [-0.39, 0.29) is 12.0 Å². The molecule has 2 aromatic heterocycles. The van der Waals surface area contributed by atoms with Gasteiger partial charge < -0.3 is 15.0 Å². The van der Waals surface area contributed by atoms with E-state index < -0.39 is 0 Å². The number of hydrogen-bond donors (Lipinski definition) is 1. The van der Waals surface area contributed by atoms with Gasteiger partial charge in [-0.25, -0.2) is 4.98 Å². The van der Waals surface area contributed by atoms with Gasteiger partial charge in [0, 0.05) is 43.8 Å². The topological polar surface area (TPSA) is 70.6 Å². The van der Waals surface area contributed by atoms with E-state index in [0.717, 1.165) is 66.9 Å². The van der Waals surface area contributed by atoms with Gasteiger partial charge in [0.15, 0.2) is 0 Å². The Morgan fingerprint density at radius 2 is 2.03 bits per heavy atom. The normalized spacial score (nSPS) is 20.6. The highest BCUT2D eigenvalue weighted by molar-refractivity contribution is 5.78. The molecule has 0 aromatic carbocycles. The second-order valence-electron chi connectivity index (χ2n) is 8.87. The number of carbonyl (C=O) groups excluding carboxylic acids is 1. The Morgan fingerprint density at radius 3 is 2.81 bits per heavy atom. The summed E-state index contributed by atoms with van der Waals surface area (Å²) >= 11 is 0. The lowest BCUT2D eigenvalue weighted by atomic mass is 9.99. The molecule has 0 radical (unpaired) electrons. The van der Waals surface area contributed by atoms with Gasteiger partial charge in [-0.1, -0.05) is 13.0 Å². The molecule has 0 unspecified atom stereocenters. The van der Waals surface area contributed by atoms with E-state index in [0.29, 0.717) is 19.7 Å². The Labute approximate surface area is 184 Å². The zero-order valence-electron chi connectivity index (χ0n) is 18.8. The maximum Gasteiger partial charge on any atom is 0.236 e. The van der Waals surface area contributed by atoms with Crippen LogP contribution in [0.3, 0.4) is 0 Å². The van der Waals surface area contributed by atoms with Crippen molar-refractivity contribution >= 4 is 17.4 Å². The largest absolute Gasteiger partial charge is 0.369 e. The number of likely N-dealkylation sites (tertiary alicyclic amines) is 1. The predicted molar refractivity (Wildman–Crippen MR) is 121 cm³/mol. The summed E-state index contributed by atoms with van der Waals surface area (Å²) in [5.74, 6) is 1.80. The average Bonchev–Trinajstić information content (AvgIpc) is 2.76. The van der Waals surface area contributed by atoms with Crippen molar-refractivity contribution in [2.45, 2.75) is 39.7 Å². The van der Waals surface area contributed by atoms with Crippen LogP contribution in [0.5, 0.6) is 0 Å². The first kappa shape index (κ1) is 21.7. The van der Waals surface area contributed by atoms with Gasteiger partial charge in [-0.05, 0) is 56.4 Å². The Balaban J connectivity index is 1.41. The van der Waals surface area contributed by atoms with Crippen molar-refractivity contribution in [2.75, 3.05) is 44.6 Å². The summed E-state index contributed by atoms with van der Waals surface area (Å²) in [6, 6.07) is 8.01. The van der Waals surface area contributed by atoms with E-state index in [1.54, 1.807) is 6.20 Å². The van der Waals surface area contributed by atoms with Crippen LogP contribution >= 0.6 is 0 Å². The van der Waals surface area contributed by atoms with E-state index in [4.69, 9.17) is 9.72 Å². The molecule has 2 aromatic rings. The standard InChI is InChI=1S/C24H33N5O2/c1-17-6-9-29(10-7-17)23(30)16-28-11-12-31-22(15-28)21-14-20(13-19(3)26-21)27-24-18(2)5-4-8-25-24/h4-5,8,13-14,17,22H,6-7,9-12,15-16H2,1-3H3,(H,25,26,27)/t22-/m1/s1. The highest BCUT2D eigenvalue weighted by atomic mass is 16.5. The summed E-state index contributed by atoms with van der Waals surface area (Å²) in [7, 11) is 0. The lowest BCUT2D eigenvalue weighted by Crippen LogP contribution is -2.47. The van der Waals surface area contributed by atoms with E-state index in [1.807, 2.05) is 43.0 Å². The van der Waals surface area contributed by atoms with Crippen molar-refractivity contribution in [2.24, 2.45) is 5.92 Å². The van der Waals surface area contributed by atoms with Gasteiger partial charge >= 0.3 is 0 Å². The molecule has 0 bridgehead atoms. The maximum atomic E-state index is 12.8. The number of pyridine rings is 2. The number of morpholine rings is 1. The fraction of sp³-hybridized carbons (Fsp3) is 0.542. The fourth-order valence-electron chi connectivity index (χ4n) is 4.26. The summed E-state index contributed by atoms with van der Waals surface area (Å²) in [6.45, 7) is 10.6. The number of nitrogens with one attached hydrogen (secondary N) is 1. The minimum absolute atomic E-state index is 0.145. The molecule has 2 aliphatic heterocycles. The third-order valence-electron chi connectivity index (χ3n) is 6.22. The number of nitrogens with zero attached hydrogens (tertiary/aromatic N) is 4. The van der Waals surface area contributed by atoms with E-state index in [9.17, 15) is 4.79 Å². The summed E-state index contributed by atoms with van der Waals surface area (Å²) < 4.78 is 6.05. The van der Waals surface area contributed by atoms with E-state index in [1.165, 1.54) is 0 Å². The first-order valence-electron chi connectivity index (χ1n) is 11.3. The van der Waals surface area contributed by atoms with Crippen LogP contribution in [-0.4, -0.2) is 65.0 Å². The summed E-state index contributed by atoms with van der Waals surface area (Å²) in [4.78, 5) is 26.1. The molecular weight excluding hydrogens is 390 g/mol. The number of anilines is 2. The van der Waals surface area contributed by atoms with Crippen LogP contribution in [0, 0.1) is 19.8 Å². The molecule has 4 rings (SSSR count). The zero-order chi connectivity index (χ0) is 21.8. The maximum absolute atomic E-state index is 12.8. The minimum atomic E-state index is -0.145. The van der Waals surface area contributed by atoms with Gasteiger partial charge in [0.2, 0.25) is 5.91 Å². The van der Waals surface area contributed by atoms with Gasteiger partial charge in [-0.2, -0.15) is 0 Å². The Morgan fingerprint density at radius 1 is 1.23 bits per heavy atom. The number of aromatic nitrogens is 2. The smallest absolute Gasteiger partial charge is 0.236 e. The number of rotatable bonds is 5. The Hall–Kier alpha value is -2.51. The first-order chi connectivity index (χ1) is 15.0. The van der Waals surface area contributed by atoms with Gasteiger partial charge in [-0.15, -0.1) is 0 Å². The third-order valence-corrected chi connectivity index (χ3v) is 6.22. The lowest BCUT2D eigenvalue weighted by molar-refractivity contribution is -0.135. The number of amides is 1. The fourth-order valence-corrected chi connectivity index (χ4v) is 4.26. The SMILES string of the molecule is Cc1cc(Nc2ncccc2C)cc([C@H]2CN(CC(=O)N3CCC(C)CC3)CCO2)n1. The quantitative estimate of drug-likeness (QED) is 0.794. The summed E-state index contributed by atoms with van der Waals surface area (Å²) in [6.07, 6.45) is 3.85. The van der Waals surface area contributed by atoms with E-state index >= 15 is 0 Å². The van der Waals surface area contributed by atoms with Crippen molar-refractivity contribution in [1.29, 1.82) is 0 Å². The van der Waals surface area contributed by atoms with Crippen LogP contribution < -0.4 is 5.32 Å². The summed E-state index contributed by atoms with van der Waals surface area (Å²) in [5, 5.41) is 3.40. The van der Waals surface area contributed by atoms with Gasteiger partial charge in [0.05, 0.1) is 18.8 Å². The molecule has 0 spiro atoms. The van der Waals surface area contributed by atoms with Gasteiger partial charge in [-0.3, -0.25) is 14.7 Å². The second-order valence-corrected chi connectivity index (χ2v) is 8.87. The first-order valence-corrected chi connectivity index (χ1v) is 11.3. The van der Waals surface area contributed by atoms with Crippen molar-refractivity contribution < 1.29 is 9.53 Å². The van der Waals surface area contributed by atoms with Crippen LogP contribution in [0.1, 0.15) is 42.8 Å². The Bertz CT molecular complexity index is 911. The molecule has 166 valence electrons. The number of piperidine rings is 1. The van der Waals surface area contributed by atoms with Gasteiger partial charge in [0.1, 0.15) is 11.9 Å². The molecule has 7 nitrogen and oxygen atoms in total. The molecule has 2 aliphatic rings. The van der Waals surface area contributed by atoms with Crippen LogP contribution in [0.25, 0.3) is 0 Å². The molecular formula is C24H33N5O2. The molecule has 7 heteroatoms. The van der Waals surface area contributed by atoms with Gasteiger partial charge in [0.25, 0.3) is 0 Å². The number of hydrogen-bond acceptors (Lipinski definition) is 6. The number of aryl methyl sites for hydroxylation is 2. The zero-order valence-corrected chi connectivity index (χ0v) is 18.8. The van der Waals surface area contributed by atoms with Crippen LogP contribution in [0.2, 0.25) is 0 Å². The van der Waals surface area contributed by atoms with E-state index in [2.05, 4.69) is 22.1 Å². The lowest BCUT2D eigenvalue weighted by Gasteiger charge is -2.35. The molecule has 31 heavy (non-hydrogen) atoms. The molecule has 2 saturated heterocycles. The average molecular weight is 424 g/mol. The molecule has 0 aliphatic carbocycles. The predicted octanol–water partition coefficient (Wildman–Crippen LogP) is 3.47. The highest BCUT2D eigenvalue weighted by Gasteiger charge is 2.27. The molecule has 1 atom stereocenters. The summed E-state index contributed by atoms with van der Waals surface area (Å²) in [5.41, 5.74) is 3.85. The van der Waals surface area contributed by atoms with Crippen LogP contribution in [0.4, 0.5) is 11.5 Å². The second kappa shape index (κ2) is 9.75.